The summed E-state index contributed by atoms with van der Waals surface area (Å²) in [4.78, 5) is 26.4. The Hall–Kier alpha value is -3.72. The molecule has 0 bridgehead atoms. The van der Waals surface area contributed by atoms with Gasteiger partial charge in [-0.2, -0.15) is 0 Å². The zero-order valence-electron chi connectivity index (χ0n) is 20.6. The van der Waals surface area contributed by atoms with Gasteiger partial charge in [-0.15, -0.1) is 13.2 Å². The number of nitrogens with zero attached hydrogens (tertiary/aromatic N) is 1. The smallest absolute Gasteiger partial charge is 0.462 e. The van der Waals surface area contributed by atoms with Crippen molar-refractivity contribution in [2.45, 2.75) is 39.1 Å². The zero-order valence-corrected chi connectivity index (χ0v) is 21.3. The molecule has 0 heterocycles. The van der Waals surface area contributed by atoms with Crippen LogP contribution in [-0.4, -0.2) is 25.3 Å². The lowest BCUT2D eigenvalue weighted by molar-refractivity contribution is -0.274. The first-order valence-electron chi connectivity index (χ1n) is 11.1. The molecular weight excluding hydrogens is 511 g/mol. The number of anilines is 1. The van der Waals surface area contributed by atoms with Crippen LogP contribution in [0.1, 0.15) is 31.9 Å². The topological polar surface area (TPSA) is 65.1 Å². The van der Waals surface area contributed by atoms with E-state index in [0.29, 0.717) is 0 Å². The van der Waals surface area contributed by atoms with E-state index in [9.17, 15) is 22.8 Å². The minimum Gasteiger partial charge on any atom is -0.462 e. The van der Waals surface area contributed by atoms with Gasteiger partial charge in [-0.05, 0) is 52.9 Å². The summed E-state index contributed by atoms with van der Waals surface area (Å²) < 4.78 is 51.8. The van der Waals surface area contributed by atoms with Crippen molar-refractivity contribution in [2.24, 2.45) is 0 Å². The van der Waals surface area contributed by atoms with Crippen LogP contribution in [0.4, 0.5) is 18.9 Å². The molecule has 6 nitrogen and oxygen atoms in total. The van der Waals surface area contributed by atoms with Gasteiger partial charge in [0, 0.05) is 11.1 Å². The third kappa shape index (κ3) is 7.63. The minimum atomic E-state index is -4.83. The van der Waals surface area contributed by atoms with E-state index in [-0.39, 0.29) is 34.2 Å². The number of methoxy groups -OCH3 is 1. The SMILES string of the molecule is COC(=O)C(=O)N(Cc1ccc(C(C)(C)C)cc1)c1ccc(Cl)cc1Oc1ccc(OC(F)(F)F)cc1. The Morgan fingerprint density at radius 1 is 0.892 bits per heavy atom. The first-order chi connectivity index (χ1) is 17.3. The number of hydrogen-bond acceptors (Lipinski definition) is 5. The lowest BCUT2D eigenvalue weighted by Crippen LogP contribution is -2.37. The van der Waals surface area contributed by atoms with Gasteiger partial charge in [0.15, 0.2) is 5.75 Å². The molecule has 0 unspecified atom stereocenters. The Balaban J connectivity index is 1.96. The van der Waals surface area contributed by atoms with Gasteiger partial charge in [-0.3, -0.25) is 9.69 Å². The highest BCUT2D eigenvalue weighted by Crippen LogP contribution is 2.37. The van der Waals surface area contributed by atoms with Crippen molar-refractivity contribution in [1.29, 1.82) is 0 Å². The summed E-state index contributed by atoms with van der Waals surface area (Å²) in [6.45, 7) is 6.24. The van der Waals surface area contributed by atoms with Crippen LogP contribution in [0.2, 0.25) is 5.02 Å². The van der Waals surface area contributed by atoms with Crippen LogP contribution in [0.15, 0.2) is 66.7 Å². The normalized spacial score (nSPS) is 11.6. The fraction of sp³-hybridized carbons (Fsp3) is 0.259. The lowest BCUT2D eigenvalue weighted by Gasteiger charge is -2.25. The van der Waals surface area contributed by atoms with Crippen LogP contribution in [0.5, 0.6) is 17.2 Å². The molecule has 1 amide bonds. The Kier molecular flexibility index (Phi) is 8.38. The van der Waals surface area contributed by atoms with Gasteiger partial charge in [0.2, 0.25) is 0 Å². The minimum absolute atomic E-state index is 0.00864. The first kappa shape index (κ1) is 27.9. The maximum absolute atomic E-state index is 13.0. The predicted molar refractivity (Wildman–Crippen MR) is 133 cm³/mol. The lowest BCUT2D eigenvalue weighted by atomic mass is 9.87. The third-order valence-electron chi connectivity index (χ3n) is 5.26. The molecule has 0 aliphatic carbocycles. The summed E-state index contributed by atoms with van der Waals surface area (Å²) in [5, 5.41) is 0.274. The predicted octanol–water partition coefficient (Wildman–Crippen LogP) is 7.03. The monoisotopic (exact) mass is 535 g/mol. The average molecular weight is 536 g/mol. The van der Waals surface area contributed by atoms with Crippen LogP contribution in [0.3, 0.4) is 0 Å². The summed E-state index contributed by atoms with van der Waals surface area (Å²) in [5.74, 6) is -2.20. The van der Waals surface area contributed by atoms with Crippen LogP contribution in [0, 0.1) is 0 Å². The van der Waals surface area contributed by atoms with E-state index in [0.717, 1.165) is 30.4 Å². The highest BCUT2D eigenvalue weighted by Gasteiger charge is 2.31. The van der Waals surface area contributed by atoms with Crippen LogP contribution < -0.4 is 14.4 Å². The van der Waals surface area contributed by atoms with Gasteiger partial charge in [0.1, 0.15) is 11.5 Å². The maximum atomic E-state index is 13.0. The summed E-state index contributed by atoms with van der Waals surface area (Å²) in [6.07, 6.45) is -4.83. The van der Waals surface area contributed by atoms with Crippen molar-refractivity contribution in [3.05, 3.63) is 82.9 Å². The fourth-order valence-electron chi connectivity index (χ4n) is 3.39. The summed E-state index contributed by atoms with van der Waals surface area (Å²) in [6, 6.07) is 16.8. The van der Waals surface area contributed by atoms with E-state index in [2.05, 4.69) is 30.2 Å². The number of esters is 1. The maximum Gasteiger partial charge on any atom is 0.573 e. The standard InChI is InChI=1S/C27H25ClF3NO5/c1-26(2,3)18-7-5-17(6-8-18)16-32(24(33)25(34)35-4)22-14-9-19(28)15-23(22)36-20-10-12-21(13-11-20)37-27(29,30)31/h5-15H,16H2,1-4H3. The number of carbonyl (C=O) groups is 2. The van der Waals surface area contributed by atoms with E-state index in [1.807, 2.05) is 24.3 Å². The molecule has 0 spiro atoms. The first-order valence-corrected chi connectivity index (χ1v) is 11.5. The molecule has 3 aromatic carbocycles. The van der Waals surface area contributed by atoms with Gasteiger partial charge in [0.25, 0.3) is 0 Å². The molecule has 0 aliphatic heterocycles. The molecule has 10 heteroatoms. The van der Waals surface area contributed by atoms with E-state index in [4.69, 9.17) is 16.3 Å². The van der Waals surface area contributed by atoms with Gasteiger partial charge < -0.3 is 14.2 Å². The number of carbonyl (C=O) groups excluding carboxylic acids is 2. The van der Waals surface area contributed by atoms with Crippen LogP contribution >= 0.6 is 11.6 Å². The summed E-state index contributed by atoms with van der Waals surface area (Å²) in [7, 11) is 1.10. The molecule has 0 aliphatic rings. The Labute approximate surface area is 217 Å². The number of hydrogen-bond donors (Lipinski definition) is 0. The molecule has 37 heavy (non-hydrogen) atoms. The van der Waals surface area contributed by atoms with E-state index >= 15 is 0 Å². The second kappa shape index (κ2) is 11.1. The molecule has 0 atom stereocenters. The average Bonchev–Trinajstić information content (AvgIpc) is 2.82. The quantitative estimate of drug-likeness (QED) is 0.250. The number of benzene rings is 3. The van der Waals surface area contributed by atoms with Crippen LogP contribution in [0.25, 0.3) is 0 Å². The number of ether oxygens (including phenoxy) is 3. The Morgan fingerprint density at radius 2 is 1.49 bits per heavy atom. The summed E-state index contributed by atoms with van der Waals surface area (Å²) in [5.41, 5.74) is 1.96. The molecule has 0 fully saturated rings. The Bertz CT molecular complexity index is 1250. The number of alkyl halides is 3. The number of rotatable bonds is 6. The molecule has 0 radical (unpaired) electrons. The molecular formula is C27H25ClF3NO5. The van der Waals surface area contributed by atoms with Crippen molar-refractivity contribution in [3.8, 4) is 17.2 Å². The zero-order chi connectivity index (χ0) is 27.4. The van der Waals surface area contributed by atoms with E-state index in [1.54, 1.807) is 0 Å². The molecule has 196 valence electrons. The second-order valence-corrected chi connectivity index (χ2v) is 9.50. The third-order valence-corrected chi connectivity index (χ3v) is 5.50. The van der Waals surface area contributed by atoms with Gasteiger partial charge in [-0.25, -0.2) is 4.79 Å². The van der Waals surface area contributed by atoms with Crippen molar-refractivity contribution in [2.75, 3.05) is 12.0 Å². The van der Waals surface area contributed by atoms with E-state index in [1.165, 1.54) is 35.2 Å². The largest absolute Gasteiger partial charge is 0.573 e. The Morgan fingerprint density at radius 3 is 2.03 bits per heavy atom. The second-order valence-electron chi connectivity index (χ2n) is 9.06. The number of amides is 1. The van der Waals surface area contributed by atoms with Crippen LogP contribution in [-0.2, 0) is 26.3 Å². The molecule has 0 aromatic heterocycles. The molecule has 0 saturated heterocycles. The highest BCUT2D eigenvalue weighted by molar-refractivity contribution is 6.38. The van der Waals surface area contributed by atoms with Crippen molar-refractivity contribution in [3.63, 3.8) is 0 Å². The van der Waals surface area contributed by atoms with Crippen molar-refractivity contribution in [1.82, 2.24) is 0 Å². The molecule has 3 aromatic rings. The van der Waals surface area contributed by atoms with E-state index < -0.39 is 24.0 Å². The van der Waals surface area contributed by atoms with Gasteiger partial charge >= 0.3 is 18.2 Å². The summed E-state index contributed by atoms with van der Waals surface area (Å²) >= 11 is 6.16. The van der Waals surface area contributed by atoms with Crippen molar-refractivity contribution < 1.29 is 37.0 Å². The van der Waals surface area contributed by atoms with Gasteiger partial charge in [-0.1, -0.05) is 56.6 Å². The van der Waals surface area contributed by atoms with Crippen molar-refractivity contribution >= 4 is 29.2 Å². The molecule has 3 rings (SSSR count). The highest BCUT2D eigenvalue weighted by atomic mass is 35.5. The number of halogens is 4. The molecule has 0 N–H and O–H groups in total. The fourth-order valence-corrected chi connectivity index (χ4v) is 3.55. The van der Waals surface area contributed by atoms with Gasteiger partial charge in [0.05, 0.1) is 19.3 Å². The molecule has 0 saturated carbocycles.